The Hall–Kier alpha value is -1.98. The van der Waals surface area contributed by atoms with Gasteiger partial charge in [0.25, 0.3) is 5.91 Å². The zero-order valence-corrected chi connectivity index (χ0v) is 13.5. The van der Waals surface area contributed by atoms with Gasteiger partial charge in [-0.3, -0.25) is 9.69 Å². The van der Waals surface area contributed by atoms with Crippen LogP contribution in [0.3, 0.4) is 0 Å². The molecule has 2 heterocycles. The molecular formula is C17H19ClN4O. The number of hydrogen-bond donors (Lipinski definition) is 1. The number of benzene rings is 1. The summed E-state index contributed by atoms with van der Waals surface area (Å²) in [4.78, 5) is 22.4. The fourth-order valence-corrected chi connectivity index (χ4v) is 2.98. The smallest absolute Gasteiger partial charge is 0.270 e. The molecule has 1 aromatic carbocycles. The van der Waals surface area contributed by atoms with Gasteiger partial charge in [0.05, 0.1) is 0 Å². The van der Waals surface area contributed by atoms with E-state index in [9.17, 15) is 4.79 Å². The molecular weight excluding hydrogens is 312 g/mol. The summed E-state index contributed by atoms with van der Waals surface area (Å²) >= 11 is 5.92. The molecule has 0 radical (unpaired) electrons. The lowest BCUT2D eigenvalue weighted by atomic mass is 10.0. The number of nitrogens with one attached hydrogen (secondary N) is 1. The number of nitrogens with zero attached hydrogens (tertiary/aromatic N) is 3. The number of aromatic nitrogens is 2. The Bertz CT molecular complexity index is 647. The molecule has 1 aliphatic heterocycles. The Morgan fingerprint density at radius 3 is 2.87 bits per heavy atom. The quantitative estimate of drug-likeness (QED) is 0.936. The van der Waals surface area contributed by atoms with Gasteiger partial charge >= 0.3 is 0 Å². The summed E-state index contributed by atoms with van der Waals surface area (Å²) in [6, 6.07) is 9.70. The van der Waals surface area contributed by atoms with E-state index in [1.54, 1.807) is 12.3 Å². The minimum atomic E-state index is -0.134. The molecule has 1 saturated heterocycles. The van der Waals surface area contributed by atoms with E-state index in [4.69, 9.17) is 11.6 Å². The van der Waals surface area contributed by atoms with Gasteiger partial charge in [0.2, 0.25) is 0 Å². The maximum absolute atomic E-state index is 12.2. The van der Waals surface area contributed by atoms with Crippen LogP contribution in [0.25, 0.3) is 0 Å². The van der Waals surface area contributed by atoms with Crippen molar-refractivity contribution in [1.82, 2.24) is 20.2 Å². The van der Waals surface area contributed by atoms with Gasteiger partial charge in [-0.2, -0.15) is 0 Å². The molecule has 1 aromatic heterocycles. The van der Waals surface area contributed by atoms with Crippen molar-refractivity contribution in [3.05, 3.63) is 59.1 Å². The third kappa shape index (κ3) is 4.50. The molecule has 1 aliphatic rings. The average molecular weight is 331 g/mol. The van der Waals surface area contributed by atoms with Gasteiger partial charge in [-0.1, -0.05) is 23.7 Å². The lowest BCUT2D eigenvalue weighted by Gasteiger charge is -2.33. The molecule has 120 valence electrons. The molecule has 5 nitrogen and oxygen atoms in total. The highest BCUT2D eigenvalue weighted by Crippen LogP contribution is 2.16. The third-order valence-corrected chi connectivity index (χ3v) is 4.23. The Morgan fingerprint density at radius 2 is 2.13 bits per heavy atom. The molecule has 1 atom stereocenters. The molecule has 2 aromatic rings. The second kappa shape index (κ2) is 7.53. The number of carbonyl (C=O) groups is 1. The van der Waals surface area contributed by atoms with Crippen LogP contribution < -0.4 is 5.32 Å². The van der Waals surface area contributed by atoms with Crippen LogP contribution in [-0.4, -0.2) is 39.9 Å². The van der Waals surface area contributed by atoms with E-state index in [0.29, 0.717) is 5.69 Å². The Labute approximate surface area is 140 Å². The predicted molar refractivity (Wildman–Crippen MR) is 89.2 cm³/mol. The third-order valence-electron chi connectivity index (χ3n) is 3.97. The summed E-state index contributed by atoms with van der Waals surface area (Å²) in [5.74, 6) is -0.134. The van der Waals surface area contributed by atoms with Crippen molar-refractivity contribution >= 4 is 17.5 Å². The molecule has 0 spiro atoms. The molecule has 23 heavy (non-hydrogen) atoms. The first-order valence-electron chi connectivity index (χ1n) is 7.74. The fraction of sp³-hybridized carbons (Fsp3) is 0.353. The maximum Gasteiger partial charge on any atom is 0.270 e. The first-order valence-corrected chi connectivity index (χ1v) is 8.12. The van der Waals surface area contributed by atoms with Crippen LogP contribution in [0.4, 0.5) is 0 Å². The Balaban J connectivity index is 1.55. The number of rotatable bonds is 4. The standard InChI is InChI=1S/C17H19ClN4O/c18-14-5-3-13(4-6-14)10-22-9-1-2-15(11-22)21-17(23)16-7-8-19-12-20-16/h3-8,12,15H,1-2,9-11H2,(H,21,23). The molecule has 6 heteroatoms. The van der Waals surface area contributed by atoms with Crippen molar-refractivity contribution in [1.29, 1.82) is 0 Å². The number of piperidine rings is 1. The largest absolute Gasteiger partial charge is 0.347 e. The van der Waals surface area contributed by atoms with E-state index in [-0.39, 0.29) is 11.9 Å². The van der Waals surface area contributed by atoms with E-state index < -0.39 is 0 Å². The first kappa shape index (κ1) is 15.9. The summed E-state index contributed by atoms with van der Waals surface area (Å²) in [6.07, 6.45) is 5.04. The number of halogens is 1. The number of hydrogen-bond acceptors (Lipinski definition) is 4. The zero-order valence-electron chi connectivity index (χ0n) is 12.8. The van der Waals surface area contributed by atoms with Gasteiger partial charge in [-0.05, 0) is 43.1 Å². The summed E-state index contributed by atoms with van der Waals surface area (Å²) in [5, 5.41) is 3.82. The minimum absolute atomic E-state index is 0.134. The second-order valence-electron chi connectivity index (χ2n) is 5.77. The van der Waals surface area contributed by atoms with Crippen LogP contribution >= 0.6 is 11.6 Å². The van der Waals surface area contributed by atoms with Gasteiger partial charge in [0, 0.05) is 30.4 Å². The maximum atomic E-state index is 12.2. The number of likely N-dealkylation sites (tertiary alicyclic amines) is 1. The Kier molecular flexibility index (Phi) is 5.20. The van der Waals surface area contributed by atoms with Crippen molar-refractivity contribution in [3.63, 3.8) is 0 Å². The Morgan fingerprint density at radius 1 is 1.30 bits per heavy atom. The molecule has 1 N–H and O–H groups in total. The highest BCUT2D eigenvalue weighted by atomic mass is 35.5. The van der Waals surface area contributed by atoms with Gasteiger partial charge < -0.3 is 5.32 Å². The second-order valence-corrected chi connectivity index (χ2v) is 6.21. The van der Waals surface area contributed by atoms with E-state index >= 15 is 0 Å². The van der Waals surface area contributed by atoms with E-state index in [0.717, 1.165) is 37.5 Å². The van der Waals surface area contributed by atoms with E-state index in [1.807, 2.05) is 24.3 Å². The SMILES string of the molecule is O=C(NC1CCCN(Cc2ccc(Cl)cc2)C1)c1ccncn1. The molecule has 3 rings (SSSR count). The van der Waals surface area contributed by atoms with Crippen LogP contribution in [-0.2, 0) is 6.54 Å². The highest BCUT2D eigenvalue weighted by molar-refractivity contribution is 6.30. The monoisotopic (exact) mass is 330 g/mol. The predicted octanol–water partition coefficient (Wildman–Crippen LogP) is 2.52. The van der Waals surface area contributed by atoms with Gasteiger partial charge in [0.1, 0.15) is 12.0 Å². The average Bonchev–Trinajstić information content (AvgIpc) is 2.58. The van der Waals surface area contributed by atoms with Crippen molar-refractivity contribution in [2.75, 3.05) is 13.1 Å². The molecule has 1 unspecified atom stereocenters. The van der Waals surface area contributed by atoms with Crippen LogP contribution in [0.5, 0.6) is 0 Å². The summed E-state index contributed by atoms with van der Waals surface area (Å²) in [7, 11) is 0. The van der Waals surface area contributed by atoms with E-state index in [2.05, 4.69) is 20.2 Å². The summed E-state index contributed by atoms with van der Waals surface area (Å²) in [6.45, 7) is 2.76. The van der Waals surface area contributed by atoms with Gasteiger partial charge in [-0.15, -0.1) is 0 Å². The molecule has 0 saturated carbocycles. The topological polar surface area (TPSA) is 58.1 Å². The van der Waals surface area contributed by atoms with Crippen molar-refractivity contribution in [3.8, 4) is 0 Å². The molecule has 0 aliphatic carbocycles. The summed E-state index contributed by atoms with van der Waals surface area (Å²) in [5.41, 5.74) is 1.65. The minimum Gasteiger partial charge on any atom is -0.347 e. The number of amides is 1. The van der Waals surface area contributed by atoms with Crippen LogP contribution in [0.2, 0.25) is 5.02 Å². The lowest BCUT2D eigenvalue weighted by molar-refractivity contribution is 0.0895. The van der Waals surface area contributed by atoms with E-state index in [1.165, 1.54) is 11.9 Å². The van der Waals surface area contributed by atoms with Crippen LogP contribution in [0.1, 0.15) is 28.9 Å². The normalized spacial score (nSPS) is 18.6. The fourth-order valence-electron chi connectivity index (χ4n) is 2.85. The molecule has 0 bridgehead atoms. The summed E-state index contributed by atoms with van der Waals surface area (Å²) < 4.78 is 0. The lowest BCUT2D eigenvalue weighted by Crippen LogP contribution is -2.47. The van der Waals surface area contributed by atoms with Crippen molar-refractivity contribution < 1.29 is 4.79 Å². The first-order chi connectivity index (χ1) is 11.2. The van der Waals surface area contributed by atoms with Gasteiger partial charge in [-0.25, -0.2) is 9.97 Å². The van der Waals surface area contributed by atoms with Crippen LogP contribution in [0.15, 0.2) is 42.9 Å². The zero-order chi connectivity index (χ0) is 16.1. The van der Waals surface area contributed by atoms with Gasteiger partial charge in [0.15, 0.2) is 0 Å². The highest BCUT2D eigenvalue weighted by Gasteiger charge is 2.22. The number of carbonyl (C=O) groups excluding carboxylic acids is 1. The molecule has 1 fully saturated rings. The van der Waals surface area contributed by atoms with Crippen molar-refractivity contribution in [2.45, 2.75) is 25.4 Å². The van der Waals surface area contributed by atoms with Crippen molar-refractivity contribution in [2.24, 2.45) is 0 Å². The molecule has 1 amide bonds. The van der Waals surface area contributed by atoms with Crippen LogP contribution in [0, 0.1) is 0 Å².